The van der Waals surface area contributed by atoms with Crippen molar-refractivity contribution in [2.75, 3.05) is 13.1 Å². The van der Waals surface area contributed by atoms with Gasteiger partial charge in [0.15, 0.2) is 0 Å². The summed E-state index contributed by atoms with van der Waals surface area (Å²) in [7, 11) is 0. The molecule has 1 aliphatic rings. The average molecular weight is 367 g/mol. The number of carboxylic acid groups (broad SMARTS) is 1. The summed E-state index contributed by atoms with van der Waals surface area (Å²) in [5, 5.41) is 12.5. The number of nitrogens with one attached hydrogen (secondary N) is 1. The van der Waals surface area contributed by atoms with Gasteiger partial charge >= 0.3 is 5.97 Å². The second-order valence-corrected chi connectivity index (χ2v) is 7.10. The number of benzene rings is 1. The summed E-state index contributed by atoms with van der Waals surface area (Å²) in [5.41, 5.74) is 0.421. The van der Waals surface area contributed by atoms with Gasteiger partial charge in [-0.05, 0) is 43.0 Å². The van der Waals surface area contributed by atoms with Crippen LogP contribution in [-0.2, 0) is 9.59 Å². The first kappa shape index (κ1) is 19.2. The number of rotatable bonds is 5. The highest BCUT2D eigenvalue weighted by atomic mass is 35.5. The molecule has 0 spiro atoms. The molecular formula is C18H23ClN2O4. The number of carbonyl (C=O) groups is 3. The number of amides is 2. The van der Waals surface area contributed by atoms with Crippen molar-refractivity contribution in [1.29, 1.82) is 0 Å². The molecule has 7 heteroatoms. The minimum absolute atomic E-state index is 0.117. The van der Waals surface area contributed by atoms with Crippen LogP contribution in [0.1, 0.15) is 37.0 Å². The van der Waals surface area contributed by atoms with Gasteiger partial charge in [0.05, 0.1) is 5.92 Å². The van der Waals surface area contributed by atoms with Crippen LogP contribution in [0.3, 0.4) is 0 Å². The van der Waals surface area contributed by atoms with E-state index in [1.165, 1.54) is 0 Å². The van der Waals surface area contributed by atoms with Gasteiger partial charge in [0.25, 0.3) is 5.91 Å². The molecule has 0 saturated carbocycles. The summed E-state index contributed by atoms with van der Waals surface area (Å²) < 4.78 is 0. The first-order valence-electron chi connectivity index (χ1n) is 8.37. The Labute approximate surface area is 152 Å². The molecule has 136 valence electrons. The molecule has 0 aliphatic carbocycles. The molecule has 1 fully saturated rings. The first-order chi connectivity index (χ1) is 11.8. The quantitative estimate of drug-likeness (QED) is 0.837. The molecule has 2 atom stereocenters. The summed E-state index contributed by atoms with van der Waals surface area (Å²) in [6.07, 6.45) is 1.22. The summed E-state index contributed by atoms with van der Waals surface area (Å²) in [6.45, 7) is 4.41. The topological polar surface area (TPSA) is 86.7 Å². The molecule has 1 saturated heterocycles. The fourth-order valence-corrected chi connectivity index (χ4v) is 3.04. The molecule has 1 aliphatic heterocycles. The number of hydrogen-bond acceptors (Lipinski definition) is 3. The minimum atomic E-state index is -0.885. The molecule has 0 aromatic heterocycles. The van der Waals surface area contributed by atoms with Crippen LogP contribution in [0.25, 0.3) is 0 Å². The Bertz CT molecular complexity index is 645. The molecule has 1 heterocycles. The van der Waals surface area contributed by atoms with Crippen LogP contribution in [0, 0.1) is 11.8 Å². The van der Waals surface area contributed by atoms with E-state index in [4.69, 9.17) is 11.6 Å². The normalized spacial score (nSPS) is 18.7. The van der Waals surface area contributed by atoms with Crippen LogP contribution >= 0.6 is 11.6 Å². The Kier molecular flexibility index (Phi) is 6.42. The number of carboxylic acids is 1. The number of piperidine rings is 1. The largest absolute Gasteiger partial charge is 0.481 e. The number of hydrogen-bond donors (Lipinski definition) is 2. The maximum atomic E-state index is 12.8. The van der Waals surface area contributed by atoms with Gasteiger partial charge in [0, 0.05) is 23.7 Å². The maximum absolute atomic E-state index is 12.8. The number of halogens is 1. The zero-order chi connectivity index (χ0) is 18.6. The molecule has 2 rings (SSSR count). The summed E-state index contributed by atoms with van der Waals surface area (Å²) >= 11 is 5.82. The smallest absolute Gasteiger partial charge is 0.308 e. The Balaban J connectivity index is 2.08. The van der Waals surface area contributed by atoms with Crippen molar-refractivity contribution in [3.63, 3.8) is 0 Å². The minimum Gasteiger partial charge on any atom is -0.481 e. The van der Waals surface area contributed by atoms with Gasteiger partial charge in [-0.3, -0.25) is 14.4 Å². The Hall–Kier alpha value is -2.08. The second kappa shape index (κ2) is 8.34. The van der Waals surface area contributed by atoms with Gasteiger partial charge in [-0.1, -0.05) is 25.4 Å². The van der Waals surface area contributed by atoms with E-state index < -0.39 is 17.9 Å². The van der Waals surface area contributed by atoms with Crippen molar-refractivity contribution < 1.29 is 19.5 Å². The Morgan fingerprint density at radius 2 is 1.88 bits per heavy atom. The van der Waals surface area contributed by atoms with Crippen molar-refractivity contribution in [2.24, 2.45) is 11.8 Å². The summed E-state index contributed by atoms with van der Waals surface area (Å²) in [5.74, 6) is -2.13. The van der Waals surface area contributed by atoms with Crippen LogP contribution in [-0.4, -0.2) is 46.9 Å². The van der Waals surface area contributed by atoms with Crippen LogP contribution in [0.2, 0.25) is 5.02 Å². The lowest BCUT2D eigenvalue weighted by Gasteiger charge is -2.34. The van der Waals surface area contributed by atoms with Crippen molar-refractivity contribution >= 4 is 29.4 Å². The third-order valence-electron chi connectivity index (χ3n) is 4.41. The van der Waals surface area contributed by atoms with Gasteiger partial charge in [0.2, 0.25) is 5.91 Å². The highest BCUT2D eigenvalue weighted by Crippen LogP contribution is 2.19. The van der Waals surface area contributed by atoms with E-state index in [1.54, 1.807) is 29.2 Å². The molecular weight excluding hydrogens is 344 g/mol. The molecule has 0 bridgehead atoms. The lowest BCUT2D eigenvalue weighted by atomic mass is 9.95. The number of nitrogens with zero attached hydrogens (tertiary/aromatic N) is 1. The Morgan fingerprint density at radius 3 is 2.44 bits per heavy atom. The molecule has 2 unspecified atom stereocenters. The maximum Gasteiger partial charge on any atom is 0.308 e. The van der Waals surface area contributed by atoms with E-state index in [9.17, 15) is 19.5 Å². The number of aliphatic carboxylic acids is 1. The van der Waals surface area contributed by atoms with Crippen molar-refractivity contribution in [1.82, 2.24) is 10.2 Å². The highest BCUT2D eigenvalue weighted by Gasteiger charge is 2.33. The molecule has 0 radical (unpaired) electrons. The van der Waals surface area contributed by atoms with E-state index in [1.807, 2.05) is 13.8 Å². The van der Waals surface area contributed by atoms with Crippen molar-refractivity contribution in [2.45, 2.75) is 32.7 Å². The van der Waals surface area contributed by atoms with Gasteiger partial charge in [-0.15, -0.1) is 0 Å². The predicted octanol–water partition coefficient (Wildman–Crippen LogP) is 2.42. The molecule has 2 N–H and O–H groups in total. The van der Waals surface area contributed by atoms with E-state index >= 15 is 0 Å². The van der Waals surface area contributed by atoms with Gasteiger partial charge in [-0.25, -0.2) is 0 Å². The predicted molar refractivity (Wildman–Crippen MR) is 94.5 cm³/mol. The standard InChI is InChI=1S/C18H23ClN2O4/c1-11(2)15(20-16(22)12-5-7-14(19)8-6-12)17(23)21-9-3-4-13(10-21)18(24)25/h5-8,11,13,15H,3-4,9-10H2,1-2H3,(H,20,22)(H,24,25). The fraction of sp³-hybridized carbons (Fsp3) is 0.500. The molecule has 6 nitrogen and oxygen atoms in total. The van der Waals surface area contributed by atoms with Crippen LogP contribution < -0.4 is 5.32 Å². The Morgan fingerprint density at radius 1 is 1.24 bits per heavy atom. The van der Waals surface area contributed by atoms with Crippen LogP contribution in [0.4, 0.5) is 0 Å². The van der Waals surface area contributed by atoms with Crippen molar-refractivity contribution in [3.8, 4) is 0 Å². The monoisotopic (exact) mass is 366 g/mol. The van der Waals surface area contributed by atoms with E-state index in [2.05, 4.69) is 5.32 Å². The molecule has 1 aromatic rings. The third-order valence-corrected chi connectivity index (χ3v) is 4.66. The summed E-state index contributed by atoms with van der Waals surface area (Å²) in [6, 6.07) is 5.73. The zero-order valence-electron chi connectivity index (χ0n) is 14.4. The van der Waals surface area contributed by atoms with Crippen molar-refractivity contribution in [3.05, 3.63) is 34.9 Å². The molecule has 1 aromatic carbocycles. The summed E-state index contributed by atoms with van der Waals surface area (Å²) in [4.78, 5) is 38.0. The zero-order valence-corrected chi connectivity index (χ0v) is 15.1. The SMILES string of the molecule is CC(C)C(NC(=O)c1ccc(Cl)cc1)C(=O)N1CCCC(C(=O)O)C1. The van der Waals surface area contributed by atoms with E-state index in [0.29, 0.717) is 30.0 Å². The third kappa shape index (κ3) is 4.95. The lowest BCUT2D eigenvalue weighted by Crippen LogP contribution is -2.54. The van der Waals surface area contributed by atoms with Gasteiger partial charge in [0.1, 0.15) is 6.04 Å². The fourth-order valence-electron chi connectivity index (χ4n) is 2.91. The van der Waals surface area contributed by atoms with E-state index in [-0.39, 0.29) is 24.3 Å². The van der Waals surface area contributed by atoms with Crippen LogP contribution in [0.15, 0.2) is 24.3 Å². The second-order valence-electron chi connectivity index (χ2n) is 6.66. The molecule has 25 heavy (non-hydrogen) atoms. The lowest BCUT2D eigenvalue weighted by molar-refractivity contribution is -0.146. The highest BCUT2D eigenvalue weighted by molar-refractivity contribution is 6.30. The first-order valence-corrected chi connectivity index (χ1v) is 8.75. The number of carbonyl (C=O) groups excluding carboxylic acids is 2. The van der Waals surface area contributed by atoms with E-state index in [0.717, 1.165) is 0 Å². The van der Waals surface area contributed by atoms with Gasteiger partial charge < -0.3 is 15.3 Å². The average Bonchev–Trinajstić information content (AvgIpc) is 2.59. The van der Waals surface area contributed by atoms with Gasteiger partial charge in [-0.2, -0.15) is 0 Å². The molecule has 2 amide bonds. The van der Waals surface area contributed by atoms with Crippen LogP contribution in [0.5, 0.6) is 0 Å². The number of likely N-dealkylation sites (tertiary alicyclic amines) is 1.